The molecule has 0 spiro atoms. The topological polar surface area (TPSA) is 92.8 Å². The van der Waals surface area contributed by atoms with Gasteiger partial charge < -0.3 is 10.1 Å². The molecule has 1 N–H and O–H groups in total. The highest BCUT2D eigenvalue weighted by Gasteiger charge is 2.62. The van der Waals surface area contributed by atoms with Crippen LogP contribution in [0.5, 0.6) is 0 Å². The van der Waals surface area contributed by atoms with Gasteiger partial charge in [-0.1, -0.05) is 20.8 Å². The highest BCUT2D eigenvalue weighted by molar-refractivity contribution is 6.05. The number of hydrogen-bond acceptors (Lipinski definition) is 5. The van der Waals surface area contributed by atoms with Crippen LogP contribution >= 0.6 is 0 Å². The average molecular weight is 386 g/mol. The number of rotatable bonds is 3. The molecule has 2 atom stereocenters. The summed E-state index contributed by atoms with van der Waals surface area (Å²) >= 11 is 0. The van der Waals surface area contributed by atoms with Gasteiger partial charge in [-0.05, 0) is 43.5 Å². The quantitative estimate of drug-likeness (QED) is 0.637. The van der Waals surface area contributed by atoms with Crippen molar-refractivity contribution >= 4 is 29.4 Å². The standard InChI is InChI=1S/C21H26N2O5/c1-19(16(25)22-14-8-6-13(7-9-14)15(24)28-5)10-20(2)12-21(3,11-19)18(27)23(4)17(20)26/h6-9H,10-12H2,1-5H3,(H,22,25). The van der Waals surface area contributed by atoms with E-state index in [1.807, 2.05) is 20.8 Å². The fourth-order valence-electron chi connectivity index (χ4n) is 5.23. The first-order valence-electron chi connectivity index (χ1n) is 9.27. The molecule has 28 heavy (non-hydrogen) atoms. The van der Waals surface area contributed by atoms with Gasteiger partial charge >= 0.3 is 5.97 Å². The molecule has 0 aromatic heterocycles. The van der Waals surface area contributed by atoms with Crippen LogP contribution in [-0.4, -0.2) is 42.7 Å². The molecule has 2 bridgehead atoms. The lowest BCUT2D eigenvalue weighted by Gasteiger charge is -2.55. The van der Waals surface area contributed by atoms with Crippen LogP contribution in [0.1, 0.15) is 50.4 Å². The molecule has 2 fully saturated rings. The number of esters is 1. The van der Waals surface area contributed by atoms with Gasteiger partial charge in [-0.15, -0.1) is 0 Å². The number of imide groups is 1. The Bertz CT molecular complexity index is 832. The number of carbonyl (C=O) groups excluding carboxylic acids is 4. The van der Waals surface area contributed by atoms with E-state index in [2.05, 4.69) is 10.1 Å². The smallest absolute Gasteiger partial charge is 0.337 e. The van der Waals surface area contributed by atoms with E-state index in [-0.39, 0.29) is 17.7 Å². The Morgan fingerprint density at radius 1 is 0.964 bits per heavy atom. The Kier molecular flexibility index (Phi) is 4.60. The van der Waals surface area contributed by atoms with Crippen molar-refractivity contribution in [2.75, 3.05) is 19.5 Å². The van der Waals surface area contributed by atoms with Gasteiger partial charge in [-0.2, -0.15) is 0 Å². The number of anilines is 1. The average Bonchev–Trinajstić information content (AvgIpc) is 2.64. The number of piperidine rings is 1. The lowest BCUT2D eigenvalue weighted by Crippen LogP contribution is -2.63. The van der Waals surface area contributed by atoms with Gasteiger partial charge in [-0.25, -0.2) is 4.79 Å². The molecule has 1 saturated heterocycles. The summed E-state index contributed by atoms with van der Waals surface area (Å²) in [4.78, 5) is 51.4. The van der Waals surface area contributed by atoms with Crippen LogP contribution in [0, 0.1) is 16.2 Å². The molecule has 1 saturated carbocycles. The van der Waals surface area contributed by atoms with E-state index >= 15 is 0 Å². The maximum absolute atomic E-state index is 13.1. The van der Waals surface area contributed by atoms with E-state index in [9.17, 15) is 19.2 Å². The number of amides is 3. The second-order valence-corrected chi connectivity index (χ2v) is 8.90. The van der Waals surface area contributed by atoms with Crippen molar-refractivity contribution in [1.82, 2.24) is 4.90 Å². The zero-order valence-corrected chi connectivity index (χ0v) is 16.9. The zero-order chi connectivity index (χ0) is 20.9. The monoisotopic (exact) mass is 386 g/mol. The number of likely N-dealkylation sites (tertiary alicyclic amines) is 1. The zero-order valence-electron chi connectivity index (χ0n) is 16.9. The molecule has 3 amide bonds. The van der Waals surface area contributed by atoms with Gasteiger partial charge in [-0.3, -0.25) is 19.3 Å². The minimum absolute atomic E-state index is 0.226. The van der Waals surface area contributed by atoms with E-state index in [0.717, 1.165) is 0 Å². The van der Waals surface area contributed by atoms with E-state index in [0.29, 0.717) is 30.5 Å². The van der Waals surface area contributed by atoms with Gasteiger partial charge in [0.15, 0.2) is 0 Å². The van der Waals surface area contributed by atoms with Crippen LogP contribution in [-0.2, 0) is 19.1 Å². The molecule has 1 aliphatic heterocycles. The largest absolute Gasteiger partial charge is 0.465 e. The maximum atomic E-state index is 13.1. The predicted molar refractivity (Wildman–Crippen MR) is 102 cm³/mol. The van der Waals surface area contributed by atoms with Gasteiger partial charge in [0.1, 0.15) is 0 Å². The molecule has 1 aromatic carbocycles. The van der Waals surface area contributed by atoms with Crippen LogP contribution in [0.4, 0.5) is 5.69 Å². The first kappa shape index (κ1) is 20.0. The highest BCUT2D eigenvalue weighted by atomic mass is 16.5. The first-order chi connectivity index (χ1) is 12.9. The number of benzene rings is 1. The molecule has 2 unspecified atom stereocenters. The summed E-state index contributed by atoms with van der Waals surface area (Å²) in [6.45, 7) is 5.49. The predicted octanol–water partition coefficient (Wildman–Crippen LogP) is 2.61. The fourth-order valence-corrected chi connectivity index (χ4v) is 5.23. The molecule has 1 aliphatic carbocycles. The van der Waals surface area contributed by atoms with Gasteiger partial charge in [0.2, 0.25) is 17.7 Å². The number of carbonyl (C=O) groups is 4. The number of ether oxygens (including phenoxy) is 1. The number of nitrogens with one attached hydrogen (secondary N) is 1. The van der Waals surface area contributed by atoms with Gasteiger partial charge in [0, 0.05) is 29.0 Å². The lowest BCUT2D eigenvalue weighted by molar-refractivity contribution is -0.177. The fraction of sp³-hybridized carbons (Fsp3) is 0.524. The van der Waals surface area contributed by atoms with Crippen LogP contribution in [0.3, 0.4) is 0 Å². The number of hydrogen-bond donors (Lipinski definition) is 1. The second kappa shape index (κ2) is 6.43. The van der Waals surface area contributed by atoms with Gasteiger partial charge in [0.25, 0.3) is 0 Å². The molecular formula is C21H26N2O5. The van der Waals surface area contributed by atoms with Crippen LogP contribution in [0.2, 0.25) is 0 Å². The summed E-state index contributed by atoms with van der Waals surface area (Å²) in [6, 6.07) is 6.41. The number of fused-ring (bicyclic) bond motifs is 2. The van der Waals surface area contributed by atoms with Crippen molar-refractivity contribution in [3.8, 4) is 0 Å². The third-order valence-corrected chi connectivity index (χ3v) is 6.09. The minimum Gasteiger partial charge on any atom is -0.465 e. The molecule has 2 aliphatic rings. The third kappa shape index (κ3) is 3.08. The molecular weight excluding hydrogens is 360 g/mol. The van der Waals surface area contributed by atoms with Crippen molar-refractivity contribution in [2.24, 2.45) is 16.2 Å². The maximum Gasteiger partial charge on any atom is 0.337 e. The second-order valence-electron chi connectivity index (χ2n) is 8.90. The Balaban J connectivity index is 1.84. The van der Waals surface area contributed by atoms with Crippen LogP contribution < -0.4 is 5.32 Å². The van der Waals surface area contributed by atoms with E-state index in [4.69, 9.17) is 0 Å². The summed E-state index contributed by atoms with van der Waals surface area (Å²) < 4.78 is 4.67. The molecule has 150 valence electrons. The van der Waals surface area contributed by atoms with Crippen LogP contribution in [0.15, 0.2) is 24.3 Å². The summed E-state index contributed by atoms with van der Waals surface area (Å²) in [5, 5.41) is 2.87. The lowest BCUT2D eigenvalue weighted by atomic mass is 9.51. The van der Waals surface area contributed by atoms with E-state index in [1.54, 1.807) is 24.3 Å². The first-order valence-corrected chi connectivity index (χ1v) is 9.27. The van der Waals surface area contributed by atoms with Crippen LogP contribution in [0.25, 0.3) is 0 Å². The Morgan fingerprint density at radius 3 is 1.93 bits per heavy atom. The SMILES string of the molecule is COC(=O)c1ccc(NC(=O)C2(C)CC3(C)CC(C)(C2)C(=O)N(C)C3=O)cc1. The molecule has 1 heterocycles. The Morgan fingerprint density at radius 2 is 1.46 bits per heavy atom. The molecule has 3 rings (SSSR count). The molecule has 7 nitrogen and oxygen atoms in total. The van der Waals surface area contributed by atoms with Gasteiger partial charge in [0.05, 0.1) is 12.7 Å². The minimum atomic E-state index is -0.866. The number of methoxy groups -OCH3 is 1. The highest BCUT2D eigenvalue weighted by Crippen LogP contribution is 2.58. The summed E-state index contributed by atoms with van der Waals surface area (Å²) in [5.74, 6) is -1.14. The molecule has 1 aromatic rings. The summed E-state index contributed by atoms with van der Waals surface area (Å²) in [5.41, 5.74) is -1.44. The summed E-state index contributed by atoms with van der Waals surface area (Å²) in [7, 11) is 2.83. The van der Waals surface area contributed by atoms with Crippen molar-refractivity contribution in [2.45, 2.75) is 40.0 Å². The Labute approximate surface area is 164 Å². The number of nitrogens with zero attached hydrogens (tertiary/aromatic N) is 1. The van der Waals surface area contributed by atoms with Crippen molar-refractivity contribution in [1.29, 1.82) is 0 Å². The molecule has 7 heteroatoms. The molecule has 0 radical (unpaired) electrons. The normalized spacial score (nSPS) is 32.1. The van der Waals surface area contributed by atoms with Crippen molar-refractivity contribution in [3.63, 3.8) is 0 Å². The Hall–Kier alpha value is -2.70. The van der Waals surface area contributed by atoms with Crippen molar-refractivity contribution in [3.05, 3.63) is 29.8 Å². The van der Waals surface area contributed by atoms with E-state index < -0.39 is 22.2 Å². The summed E-state index contributed by atoms with van der Waals surface area (Å²) in [6.07, 6.45) is 1.20. The van der Waals surface area contributed by atoms with E-state index in [1.165, 1.54) is 19.1 Å². The third-order valence-electron chi connectivity index (χ3n) is 6.09. The van der Waals surface area contributed by atoms with Crippen molar-refractivity contribution < 1.29 is 23.9 Å².